The Morgan fingerprint density at radius 2 is 1.69 bits per heavy atom. The lowest BCUT2D eigenvalue weighted by Crippen LogP contribution is -2.00. The van der Waals surface area contributed by atoms with E-state index in [1.54, 1.807) is 24.3 Å². The molecule has 0 aliphatic carbocycles. The van der Waals surface area contributed by atoms with Crippen LogP contribution < -0.4 is 0 Å². The summed E-state index contributed by atoms with van der Waals surface area (Å²) in [5.41, 5.74) is 2.83. The molecule has 4 heteroatoms. The largest absolute Gasteiger partial charge is 0.465 e. The number of carbonyl (C=O) groups is 2. The molecule has 3 rings (SSSR count). The van der Waals surface area contributed by atoms with Crippen molar-refractivity contribution < 1.29 is 18.7 Å². The van der Waals surface area contributed by atoms with Gasteiger partial charge in [0.15, 0.2) is 5.76 Å². The van der Waals surface area contributed by atoms with Crippen molar-refractivity contribution in [3.63, 3.8) is 0 Å². The molecule has 26 heavy (non-hydrogen) atoms. The molecule has 0 spiro atoms. The number of benzene rings is 2. The first-order chi connectivity index (χ1) is 12.6. The van der Waals surface area contributed by atoms with Crippen molar-refractivity contribution in [2.45, 2.75) is 32.6 Å². The van der Waals surface area contributed by atoms with Crippen LogP contribution in [0.2, 0.25) is 0 Å². The molecule has 1 heterocycles. The Labute approximate surface area is 152 Å². The van der Waals surface area contributed by atoms with Gasteiger partial charge in [-0.1, -0.05) is 44.0 Å². The van der Waals surface area contributed by atoms with Gasteiger partial charge in [-0.3, -0.25) is 4.79 Å². The molecule has 0 unspecified atom stereocenters. The SMILES string of the molecule is CCCCCc1ccc(C(=O)c2cc3cc(C(=O)OC)ccc3o2)cc1. The van der Waals surface area contributed by atoms with Gasteiger partial charge in [-0.15, -0.1) is 0 Å². The van der Waals surface area contributed by atoms with E-state index in [0.717, 1.165) is 12.8 Å². The van der Waals surface area contributed by atoms with E-state index in [-0.39, 0.29) is 11.5 Å². The number of aryl methyl sites for hydroxylation is 1. The second-order valence-electron chi connectivity index (χ2n) is 6.34. The summed E-state index contributed by atoms with van der Waals surface area (Å²) >= 11 is 0. The zero-order chi connectivity index (χ0) is 18.5. The van der Waals surface area contributed by atoms with Crippen molar-refractivity contribution in [1.82, 2.24) is 0 Å². The van der Waals surface area contributed by atoms with Crippen molar-refractivity contribution in [2.75, 3.05) is 7.11 Å². The lowest BCUT2D eigenvalue weighted by Gasteiger charge is -2.02. The Morgan fingerprint density at radius 3 is 2.38 bits per heavy atom. The lowest BCUT2D eigenvalue weighted by atomic mass is 10.0. The fourth-order valence-corrected chi connectivity index (χ4v) is 2.94. The van der Waals surface area contributed by atoms with Crippen molar-refractivity contribution in [2.24, 2.45) is 0 Å². The number of furan rings is 1. The monoisotopic (exact) mass is 350 g/mol. The average molecular weight is 350 g/mol. The van der Waals surface area contributed by atoms with E-state index in [9.17, 15) is 9.59 Å². The molecule has 2 aromatic carbocycles. The summed E-state index contributed by atoms with van der Waals surface area (Å²) in [6, 6.07) is 14.3. The van der Waals surface area contributed by atoms with Crippen LogP contribution in [-0.4, -0.2) is 18.9 Å². The van der Waals surface area contributed by atoms with Crippen LogP contribution >= 0.6 is 0 Å². The van der Waals surface area contributed by atoms with Crippen LogP contribution in [0.4, 0.5) is 0 Å². The minimum Gasteiger partial charge on any atom is -0.465 e. The number of carbonyl (C=O) groups excluding carboxylic acids is 2. The summed E-state index contributed by atoms with van der Waals surface area (Å²) < 4.78 is 10.4. The van der Waals surface area contributed by atoms with Gasteiger partial charge in [0.05, 0.1) is 12.7 Å². The van der Waals surface area contributed by atoms with Crippen molar-refractivity contribution in [3.05, 3.63) is 71.0 Å². The normalized spacial score (nSPS) is 10.8. The van der Waals surface area contributed by atoms with E-state index in [0.29, 0.717) is 22.1 Å². The average Bonchev–Trinajstić information content (AvgIpc) is 3.10. The Balaban J connectivity index is 1.79. The predicted octanol–water partition coefficient (Wildman–Crippen LogP) is 5.18. The van der Waals surface area contributed by atoms with E-state index in [2.05, 4.69) is 6.92 Å². The van der Waals surface area contributed by atoms with Crippen molar-refractivity contribution in [1.29, 1.82) is 0 Å². The Kier molecular flexibility index (Phi) is 5.52. The van der Waals surface area contributed by atoms with Gasteiger partial charge in [0, 0.05) is 10.9 Å². The molecule has 4 nitrogen and oxygen atoms in total. The smallest absolute Gasteiger partial charge is 0.337 e. The van der Waals surface area contributed by atoms with E-state index in [1.807, 2.05) is 24.3 Å². The third kappa shape index (κ3) is 3.85. The van der Waals surface area contributed by atoms with Crippen LogP contribution in [0.1, 0.15) is 58.2 Å². The molecule has 0 saturated heterocycles. The zero-order valence-electron chi connectivity index (χ0n) is 15.1. The molecular formula is C22H22O4. The van der Waals surface area contributed by atoms with Gasteiger partial charge in [0.1, 0.15) is 5.58 Å². The molecule has 0 aliphatic rings. The highest BCUT2D eigenvalue weighted by Crippen LogP contribution is 2.23. The third-order valence-corrected chi connectivity index (χ3v) is 4.45. The van der Waals surface area contributed by atoms with Crippen LogP contribution in [0.3, 0.4) is 0 Å². The molecule has 0 bridgehead atoms. The van der Waals surface area contributed by atoms with Crippen LogP contribution in [0.15, 0.2) is 52.9 Å². The summed E-state index contributed by atoms with van der Waals surface area (Å²) in [7, 11) is 1.34. The highest BCUT2D eigenvalue weighted by molar-refractivity contribution is 6.09. The molecule has 0 aliphatic heterocycles. The van der Waals surface area contributed by atoms with Gasteiger partial charge < -0.3 is 9.15 Å². The van der Waals surface area contributed by atoms with Crippen molar-refractivity contribution in [3.8, 4) is 0 Å². The fourth-order valence-electron chi connectivity index (χ4n) is 2.94. The minimum absolute atomic E-state index is 0.166. The molecular weight excluding hydrogens is 328 g/mol. The number of ketones is 1. The molecule has 0 radical (unpaired) electrons. The highest BCUT2D eigenvalue weighted by atomic mass is 16.5. The van der Waals surface area contributed by atoms with Crippen LogP contribution in [-0.2, 0) is 11.2 Å². The topological polar surface area (TPSA) is 56.5 Å². The second kappa shape index (κ2) is 8.00. The van der Waals surface area contributed by atoms with E-state index in [4.69, 9.17) is 9.15 Å². The highest BCUT2D eigenvalue weighted by Gasteiger charge is 2.16. The summed E-state index contributed by atoms with van der Waals surface area (Å²) in [6.07, 6.45) is 4.60. The number of hydrogen-bond donors (Lipinski definition) is 0. The minimum atomic E-state index is -0.417. The molecule has 1 aromatic heterocycles. The molecule has 0 saturated carbocycles. The standard InChI is InChI=1S/C22H22O4/c1-3-4-5-6-15-7-9-16(10-8-15)21(23)20-14-18-13-17(22(24)25-2)11-12-19(18)26-20/h7-14H,3-6H2,1-2H3. The number of hydrogen-bond acceptors (Lipinski definition) is 4. The van der Waals surface area contributed by atoms with Gasteiger partial charge in [0.2, 0.25) is 5.78 Å². The molecule has 0 amide bonds. The zero-order valence-corrected chi connectivity index (χ0v) is 15.1. The maximum absolute atomic E-state index is 12.7. The first-order valence-electron chi connectivity index (χ1n) is 8.88. The molecule has 134 valence electrons. The Morgan fingerprint density at radius 1 is 0.962 bits per heavy atom. The Bertz CT molecular complexity index is 919. The summed E-state index contributed by atoms with van der Waals surface area (Å²) in [5.74, 6) is -0.318. The van der Waals surface area contributed by atoms with Crippen LogP contribution in [0.25, 0.3) is 11.0 Å². The molecule has 0 fully saturated rings. The number of rotatable bonds is 7. The van der Waals surface area contributed by atoms with Gasteiger partial charge in [-0.05, 0) is 42.7 Å². The second-order valence-corrected chi connectivity index (χ2v) is 6.34. The van der Waals surface area contributed by atoms with Gasteiger partial charge in [-0.25, -0.2) is 4.79 Å². The molecule has 0 N–H and O–H groups in total. The van der Waals surface area contributed by atoms with Crippen molar-refractivity contribution >= 4 is 22.7 Å². The summed E-state index contributed by atoms with van der Waals surface area (Å²) in [6.45, 7) is 2.18. The van der Waals surface area contributed by atoms with E-state index < -0.39 is 5.97 Å². The number of esters is 1. The summed E-state index contributed by atoms with van der Waals surface area (Å²) in [5, 5.41) is 0.701. The summed E-state index contributed by atoms with van der Waals surface area (Å²) in [4.78, 5) is 24.3. The van der Waals surface area contributed by atoms with Gasteiger partial charge in [0.25, 0.3) is 0 Å². The van der Waals surface area contributed by atoms with E-state index >= 15 is 0 Å². The number of methoxy groups -OCH3 is 1. The van der Waals surface area contributed by atoms with Crippen LogP contribution in [0, 0.1) is 0 Å². The first kappa shape index (κ1) is 17.9. The number of ether oxygens (including phenoxy) is 1. The van der Waals surface area contributed by atoms with Gasteiger partial charge in [-0.2, -0.15) is 0 Å². The molecule has 3 aromatic rings. The predicted molar refractivity (Wildman–Crippen MR) is 101 cm³/mol. The van der Waals surface area contributed by atoms with Gasteiger partial charge >= 0.3 is 5.97 Å². The number of fused-ring (bicyclic) bond motifs is 1. The third-order valence-electron chi connectivity index (χ3n) is 4.45. The Hall–Kier alpha value is -2.88. The number of unbranched alkanes of at least 4 members (excludes halogenated alkanes) is 2. The quantitative estimate of drug-likeness (QED) is 0.334. The van der Waals surface area contributed by atoms with Crippen LogP contribution in [0.5, 0.6) is 0 Å². The molecule has 0 atom stereocenters. The fraction of sp³-hybridized carbons (Fsp3) is 0.273. The lowest BCUT2D eigenvalue weighted by molar-refractivity contribution is 0.0601. The maximum atomic E-state index is 12.7. The first-order valence-corrected chi connectivity index (χ1v) is 8.88. The van der Waals surface area contributed by atoms with E-state index in [1.165, 1.54) is 25.5 Å². The maximum Gasteiger partial charge on any atom is 0.337 e.